The fourth-order valence-electron chi connectivity index (χ4n) is 3.61. The first-order valence-corrected chi connectivity index (χ1v) is 10.7. The number of hydrogen-bond donors (Lipinski definition) is 3. The zero-order chi connectivity index (χ0) is 24.2. The Bertz CT molecular complexity index is 1530. The number of fused-ring (bicyclic) bond motifs is 1. The van der Waals surface area contributed by atoms with Crippen LogP contribution in [-0.4, -0.2) is 15.9 Å². The molecule has 0 fully saturated rings. The number of benzene rings is 3. The largest absolute Gasteiger partial charge is 0.355 e. The van der Waals surface area contributed by atoms with Crippen LogP contribution in [0.3, 0.4) is 0 Å². The monoisotopic (exact) mass is 467 g/mol. The van der Waals surface area contributed by atoms with Gasteiger partial charge in [-0.15, -0.1) is 0 Å². The molecule has 0 saturated carbocycles. The Kier molecular flexibility index (Phi) is 6.00. The fourth-order valence-corrected chi connectivity index (χ4v) is 3.61. The molecule has 1 amide bonds. The van der Waals surface area contributed by atoms with Crippen molar-refractivity contribution in [2.75, 3.05) is 16.0 Å². The van der Waals surface area contributed by atoms with E-state index < -0.39 is 11.7 Å². The molecule has 5 aromatic rings. The Balaban J connectivity index is 1.31. The molecule has 0 aliphatic heterocycles. The zero-order valence-corrected chi connectivity index (χ0v) is 18.3. The quantitative estimate of drug-likeness (QED) is 0.261. The van der Waals surface area contributed by atoms with Crippen LogP contribution >= 0.6 is 0 Å². The summed E-state index contributed by atoms with van der Waals surface area (Å²) in [5.41, 5.74) is 3.62. The lowest BCUT2D eigenvalue weighted by molar-refractivity contribution is 0.102. The molecule has 0 unspecified atom stereocenters. The molecule has 0 aliphatic rings. The minimum atomic E-state index is -0.508. The minimum absolute atomic E-state index is 0.279. The molecule has 6 nitrogen and oxygen atoms in total. The SMILES string of the molecule is O=C(Nc1ccc(Nc2ccncc2)c(F)c1)c1cccc(Nc2ccnc3ccc(F)cc23)c1. The number of nitrogens with one attached hydrogen (secondary N) is 3. The van der Waals surface area contributed by atoms with Gasteiger partial charge >= 0.3 is 0 Å². The van der Waals surface area contributed by atoms with Gasteiger partial charge in [-0.2, -0.15) is 0 Å². The van der Waals surface area contributed by atoms with Gasteiger partial charge in [-0.25, -0.2) is 8.78 Å². The van der Waals surface area contributed by atoms with E-state index in [1.54, 1.807) is 79.3 Å². The van der Waals surface area contributed by atoms with Gasteiger partial charge in [0.15, 0.2) is 0 Å². The van der Waals surface area contributed by atoms with Crippen molar-refractivity contribution in [3.05, 3.63) is 115 Å². The number of amides is 1. The van der Waals surface area contributed by atoms with Gasteiger partial charge in [0.25, 0.3) is 5.91 Å². The number of anilines is 5. The van der Waals surface area contributed by atoms with E-state index in [9.17, 15) is 13.6 Å². The fraction of sp³-hybridized carbons (Fsp3) is 0. The zero-order valence-electron chi connectivity index (χ0n) is 18.3. The maximum absolute atomic E-state index is 14.6. The maximum atomic E-state index is 14.6. The summed E-state index contributed by atoms with van der Waals surface area (Å²) in [6.45, 7) is 0. The van der Waals surface area contributed by atoms with Crippen LogP contribution in [0.15, 0.2) is 97.5 Å². The minimum Gasteiger partial charge on any atom is -0.355 e. The summed E-state index contributed by atoms with van der Waals surface area (Å²) >= 11 is 0. The summed E-state index contributed by atoms with van der Waals surface area (Å²) in [5.74, 6) is -1.27. The molecule has 0 bridgehead atoms. The van der Waals surface area contributed by atoms with Crippen molar-refractivity contribution >= 4 is 45.2 Å². The van der Waals surface area contributed by atoms with E-state index in [2.05, 4.69) is 25.9 Å². The molecule has 2 aromatic heterocycles. The summed E-state index contributed by atoms with van der Waals surface area (Å²) in [4.78, 5) is 21.0. The lowest BCUT2D eigenvalue weighted by atomic mass is 10.1. The van der Waals surface area contributed by atoms with Crippen molar-refractivity contribution in [2.45, 2.75) is 0 Å². The first-order chi connectivity index (χ1) is 17.0. The Labute approximate surface area is 199 Å². The van der Waals surface area contributed by atoms with Crippen molar-refractivity contribution < 1.29 is 13.6 Å². The number of carbonyl (C=O) groups is 1. The molecule has 3 aromatic carbocycles. The molecule has 172 valence electrons. The smallest absolute Gasteiger partial charge is 0.255 e. The van der Waals surface area contributed by atoms with Gasteiger partial charge in [-0.3, -0.25) is 14.8 Å². The second kappa shape index (κ2) is 9.56. The van der Waals surface area contributed by atoms with Gasteiger partial charge in [0.05, 0.1) is 11.2 Å². The van der Waals surface area contributed by atoms with Gasteiger partial charge < -0.3 is 16.0 Å². The first-order valence-electron chi connectivity index (χ1n) is 10.7. The van der Waals surface area contributed by atoms with Crippen molar-refractivity contribution in [3.8, 4) is 0 Å². The number of carbonyl (C=O) groups excluding carboxylic acids is 1. The van der Waals surface area contributed by atoms with E-state index >= 15 is 0 Å². The van der Waals surface area contributed by atoms with Crippen LogP contribution in [0, 0.1) is 11.6 Å². The number of halogens is 2. The number of rotatable bonds is 6. The Hall–Kier alpha value is -4.85. The third-order valence-electron chi connectivity index (χ3n) is 5.29. The first kappa shape index (κ1) is 22.0. The highest BCUT2D eigenvalue weighted by molar-refractivity contribution is 6.05. The van der Waals surface area contributed by atoms with Gasteiger partial charge in [-0.05, 0) is 72.8 Å². The van der Waals surface area contributed by atoms with Crippen molar-refractivity contribution in [1.29, 1.82) is 0 Å². The van der Waals surface area contributed by atoms with E-state index in [0.29, 0.717) is 39.2 Å². The van der Waals surface area contributed by atoms with Gasteiger partial charge in [0.1, 0.15) is 11.6 Å². The van der Waals surface area contributed by atoms with Crippen LogP contribution in [-0.2, 0) is 0 Å². The highest BCUT2D eigenvalue weighted by Crippen LogP contribution is 2.27. The second-order valence-electron chi connectivity index (χ2n) is 7.74. The summed E-state index contributed by atoms with van der Waals surface area (Å²) in [6.07, 6.45) is 4.83. The van der Waals surface area contributed by atoms with E-state index in [1.807, 2.05) is 0 Å². The van der Waals surface area contributed by atoms with Crippen LogP contribution in [0.5, 0.6) is 0 Å². The molecular formula is C27H19F2N5O. The predicted octanol–water partition coefficient (Wildman–Crippen LogP) is 6.65. The standard InChI is InChI=1S/C27H19F2N5O/c28-18-4-6-24-22(15-18)25(10-13-31-24)33-20-3-1-2-17(14-20)27(35)34-21-5-7-26(23(29)16-21)32-19-8-11-30-12-9-19/h1-16H,(H,30,32)(H,31,33)(H,34,35). The Morgan fingerprint density at radius 1 is 0.714 bits per heavy atom. The van der Waals surface area contributed by atoms with Crippen LogP contribution in [0.1, 0.15) is 10.4 Å². The predicted molar refractivity (Wildman–Crippen MR) is 133 cm³/mol. The molecule has 0 atom stereocenters. The Morgan fingerprint density at radius 2 is 1.54 bits per heavy atom. The lowest BCUT2D eigenvalue weighted by Crippen LogP contribution is -2.12. The van der Waals surface area contributed by atoms with Crippen LogP contribution < -0.4 is 16.0 Å². The molecule has 0 aliphatic carbocycles. The normalized spacial score (nSPS) is 10.7. The van der Waals surface area contributed by atoms with Gasteiger partial charge in [0, 0.05) is 52.3 Å². The Morgan fingerprint density at radius 3 is 2.37 bits per heavy atom. The molecule has 5 rings (SSSR count). The number of nitrogens with zero attached hydrogens (tertiary/aromatic N) is 2. The molecular weight excluding hydrogens is 448 g/mol. The molecule has 8 heteroatoms. The highest BCUT2D eigenvalue weighted by atomic mass is 19.1. The molecule has 0 spiro atoms. The molecule has 35 heavy (non-hydrogen) atoms. The summed E-state index contributed by atoms with van der Waals surface area (Å²) < 4.78 is 28.3. The molecule has 0 radical (unpaired) electrons. The van der Waals surface area contributed by atoms with E-state index in [4.69, 9.17) is 0 Å². The summed E-state index contributed by atoms with van der Waals surface area (Å²) in [6, 6.07) is 20.8. The second-order valence-corrected chi connectivity index (χ2v) is 7.74. The van der Waals surface area contributed by atoms with Gasteiger partial charge in [-0.1, -0.05) is 6.07 Å². The van der Waals surface area contributed by atoms with Crippen molar-refractivity contribution in [3.63, 3.8) is 0 Å². The van der Waals surface area contributed by atoms with Crippen molar-refractivity contribution in [1.82, 2.24) is 9.97 Å². The molecule has 0 saturated heterocycles. The summed E-state index contributed by atoms with van der Waals surface area (Å²) in [5, 5.41) is 9.52. The average molecular weight is 467 g/mol. The van der Waals surface area contributed by atoms with E-state index in [1.165, 1.54) is 18.2 Å². The number of pyridine rings is 2. The number of aromatic nitrogens is 2. The van der Waals surface area contributed by atoms with Gasteiger partial charge in [0.2, 0.25) is 0 Å². The van der Waals surface area contributed by atoms with E-state index in [0.717, 1.165) is 0 Å². The highest BCUT2D eigenvalue weighted by Gasteiger charge is 2.11. The average Bonchev–Trinajstić information content (AvgIpc) is 2.87. The molecule has 3 N–H and O–H groups in total. The summed E-state index contributed by atoms with van der Waals surface area (Å²) in [7, 11) is 0. The topological polar surface area (TPSA) is 78.9 Å². The maximum Gasteiger partial charge on any atom is 0.255 e. The number of hydrogen-bond acceptors (Lipinski definition) is 5. The van der Waals surface area contributed by atoms with Crippen molar-refractivity contribution in [2.24, 2.45) is 0 Å². The molecule has 2 heterocycles. The van der Waals surface area contributed by atoms with Crippen LogP contribution in [0.2, 0.25) is 0 Å². The third kappa shape index (κ3) is 5.06. The van der Waals surface area contributed by atoms with Crippen LogP contribution in [0.25, 0.3) is 10.9 Å². The van der Waals surface area contributed by atoms with Crippen LogP contribution in [0.4, 0.5) is 37.2 Å². The third-order valence-corrected chi connectivity index (χ3v) is 5.29. The van der Waals surface area contributed by atoms with E-state index in [-0.39, 0.29) is 11.5 Å². The lowest BCUT2D eigenvalue weighted by Gasteiger charge is -2.12.